The Morgan fingerprint density at radius 3 is 2.55 bits per heavy atom. The summed E-state index contributed by atoms with van der Waals surface area (Å²) in [5.41, 5.74) is 5.32. The highest BCUT2D eigenvalue weighted by atomic mass is 19.1. The third kappa shape index (κ3) is 5.74. The van der Waals surface area contributed by atoms with Gasteiger partial charge in [-0.05, 0) is 29.7 Å². The van der Waals surface area contributed by atoms with Gasteiger partial charge >= 0.3 is 12.0 Å². The van der Waals surface area contributed by atoms with Gasteiger partial charge in [-0.1, -0.05) is 26.0 Å². The highest BCUT2D eigenvalue weighted by Crippen LogP contribution is 2.09. The SMILES string of the molecule is CC(C)C(OC(=O)/C=C/c1cccc(F)c1)C(=O)NC(N)=O. The molecule has 1 unspecified atom stereocenters. The largest absolute Gasteiger partial charge is 0.449 e. The van der Waals surface area contributed by atoms with E-state index in [-0.39, 0.29) is 5.92 Å². The van der Waals surface area contributed by atoms with Crippen molar-refractivity contribution in [2.24, 2.45) is 11.7 Å². The van der Waals surface area contributed by atoms with Crippen molar-refractivity contribution in [2.45, 2.75) is 20.0 Å². The van der Waals surface area contributed by atoms with Crippen molar-refractivity contribution in [1.82, 2.24) is 5.32 Å². The number of carbonyl (C=O) groups is 3. The lowest BCUT2D eigenvalue weighted by molar-refractivity contribution is -0.153. The van der Waals surface area contributed by atoms with Crippen LogP contribution in [0.3, 0.4) is 0 Å². The number of hydrogen-bond donors (Lipinski definition) is 2. The summed E-state index contributed by atoms with van der Waals surface area (Å²) in [6.45, 7) is 3.30. The lowest BCUT2D eigenvalue weighted by Crippen LogP contribution is -2.45. The molecule has 118 valence electrons. The predicted octanol–water partition coefficient (Wildman–Crippen LogP) is 1.60. The molecule has 0 bridgehead atoms. The van der Waals surface area contributed by atoms with Crippen molar-refractivity contribution >= 4 is 24.0 Å². The van der Waals surface area contributed by atoms with E-state index in [0.29, 0.717) is 5.56 Å². The normalized spacial score (nSPS) is 12.2. The summed E-state index contributed by atoms with van der Waals surface area (Å²) in [4.78, 5) is 34.1. The fraction of sp³-hybridized carbons (Fsp3) is 0.267. The Morgan fingerprint density at radius 1 is 1.32 bits per heavy atom. The minimum absolute atomic E-state index is 0.356. The Kier molecular flexibility index (Phi) is 6.25. The Morgan fingerprint density at radius 2 is 2.00 bits per heavy atom. The smallest absolute Gasteiger partial charge is 0.331 e. The molecule has 0 radical (unpaired) electrons. The number of halogens is 1. The van der Waals surface area contributed by atoms with Crippen molar-refractivity contribution in [2.75, 3.05) is 0 Å². The van der Waals surface area contributed by atoms with Crippen LogP contribution < -0.4 is 11.1 Å². The van der Waals surface area contributed by atoms with Gasteiger partial charge in [0.05, 0.1) is 0 Å². The molecule has 0 fully saturated rings. The van der Waals surface area contributed by atoms with E-state index in [1.54, 1.807) is 19.9 Å². The Bertz CT molecular complexity index is 599. The zero-order valence-electron chi connectivity index (χ0n) is 12.2. The Labute approximate surface area is 127 Å². The minimum atomic E-state index is -1.16. The van der Waals surface area contributed by atoms with Gasteiger partial charge in [0.25, 0.3) is 5.91 Å². The lowest BCUT2D eigenvalue weighted by Gasteiger charge is -2.18. The van der Waals surface area contributed by atoms with E-state index in [2.05, 4.69) is 0 Å². The summed E-state index contributed by atoms with van der Waals surface area (Å²) in [6.07, 6.45) is 1.27. The fourth-order valence-electron chi connectivity index (χ4n) is 1.62. The molecule has 3 amide bonds. The molecule has 3 N–H and O–H groups in total. The van der Waals surface area contributed by atoms with Crippen LogP contribution in [0, 0.1) is 11.7 Å². The van der Waals surface area contributed by atoms with Crippen LogP contribution >= 0.6 is 0 Å². The Balaban J connectivity index is 2.71. The topological polar surface area (TPSA) is 98.5 Å². The monoisotopic (exact) mass is 308 g/mol. The number of ether oxygens (including phenoxy) is 1. The van der Waals surface area contributed by atoms with Crippen molar-refractivity contribution in [3.63, 3.8) is 0 Å². The average molecular weight is 308 g/mol. The van der Waals surface area contributed by atoms with Crippen LogP contribution in [0.4, 0.5) is 9.18 Å². The molecule has 1 aromatic carbocycles. The second-order valence-electron chi connectivity index (χ2n) is 4.84. The number of primary amides is 1. The van der Waals surface area contributed by atoms with E-state index in [1.807, 2.05) is 5.32 Å². The first-order chi connectivity index (χ1) is 10.3. The number of hydrogen-bond acceptors (Lipinski definition) is 4. The maximum atomic E-state index is 13.0. The van der Waals surface area contributed by atoms with Crippen molar-refractivity contribution in [1.29, 1.82) is 0 Å². The molecule has 0 aliphatic rings. The Hall–Kier alpha value is -2.70. The van der Waals surface area contributed by atoms with Crippen molar-refractivity contribution in [3.8, 4) is 0 Å². The maximum absolute atomic E-state index is 13.0. The molecular formula is C15H17FN2O4. The number of amides is 3. The second kappa shape index (κ2) is 7.92. The van der Waals surface area contributed by atoms with Crippen LogP contribution in [0.1, 0.15) is 19.4 Å². The van der Waals surface area contributed by atoms with E-state index < -0.39 is 29.8 Å². The molecule has 1 rings (SSSR count). The highest BCUT2D eigenvalue weighted by molar-refractivity contribution is 5.97. The minimum Gasteiger partial charge on any atom is -0.449 e. The summed E-state index contributed by atoms with van der Waals surface area (Å²) >= 11 is 0. The molecule has 0 spiro atoms. The van der Waals surface area contributed by atoms with Crippen LogP contribution in [0.15, 0.2) is 30.3 Å². The number of urea groups is 1. The van der Waals surface area contributed by atoms with E-state index in [9.17, 15) is 18.8 Å². The zero-order valence-corrected chi connectivity index (χ0v) is 12.2. The van der Waals surface area contributed by atoms with E-state index >= 15 is 0 Å². The van der Waals surface area contributed by atoms with E-state index in [4.69, 9.17) is 10.5 Å². The van der Waals surface area contributed by atoms with Gasteiger partial charge in [0, 0.05) is 6.08 Å². The number of nitrogens with one attached hydrogen (secondary N) is 1. The number of benzene rings is 1. The van der Waals surface area contributed by atoms with Crippen LogP contribution in [-0.2, 0) is 14.3 Å². The predicted molar refractivity (Wildman–Crippen MR) is 77.9 cm³/mol. The van der Waals surface area contributed by atoms with Gasteiger partial charge in [-0.2, -0.15) is 0 Å². The van der Waals surface area contributed by atoms with Gasteiger partial charge in [0.2, 0.25) is 0 Å². The van der Waals surface area contributed by atoms with Crippen LogP contribution in [0.25, 0.3) is 6.08 Å². The van der Waals surface area contributed by atoms with Crippen LogP contribution in [0.5, 0.6) is 0 Å². The maximum Gasteiger partial charge on any atom is 0.331 e. The quantitative estimate of drug-likeness (QED) is 0.637. The molecule has 0 heterocycles. The molecule has 22 heavy (non-hydrogen) atoms. The number of esters is 1. The highest BCUT2D eigenvalue weighted by Gasteiger charge is 2.26. The number of carbonyl (C=O) groups excluding carboxylic acids is 3. The molecule has 0 aromatic heterocycles. The van der Waals surface area contributed by atoms with Crippen LogP contribution in [-0.4, -0.2) is 24.0 Å². The third-order valence-electron chi connectivity index (χ3n) is 2.61. The summed E-state index contributed by atoms with van der Waals surface area (Å²) in [5, 5.41) is 1.86. The number of imide groups is 1. The molecule has 0 aliphatic heterocycles. The summed E-state index contributed by atoms with van der Waals surface area (Å²) in [6, 6.07) is 4.59. The number of nitrogens with two attached hydrogens (primary N) is 1. The molecule has 6 nitrogen and oxygen atoms in total. The van der Waals surface area contributed by atoms with E-state index in [1.165, 1.54) is 24.3 Å². The molecule has 7 heteroatoms. The van der Waals surface area contributed by atoms with Gasteiger partial charge in [-0.15, -0.1) is 0 Å². The molecule has 0 aliphatic carbocycles. The molecule has 1 atom stereocenters. The van der Waals surface area contributed by atoms with Crippen molar-refractivity contribution < 1.29 is 23.5 Å². The zero-order chi connectivity index (χ0) is 16.7. The van der Waals surface area contributed by atoms with Gasteiger partial charge < -0.3 is 10.5 Å². The fourth-order valence-corrected chi connectivity index (χ4v) is 1.62. The van der Waals surface area contributed by atoms with Gasteiger partial charge in [-0.25, -0.2) is 14.0 Å². The van der Waals surface area contributed by atoms with Crippen molar-refractivity contribution in [3.05, 3.63) is 41.7 Å². The molecule has 1 aromatic rings. The number of rotatable bonds is 5. The molecular weight excluding hydrogens is 291 g/mol. The first-order valence-corrected chi connectivity index (χ1v) is 6.54. The molecule has 0 saturated heterocycles. The third-order valence-corrected chi connectivity index (χ3v) is 2.61. The second-order valence-corrected chi connectivity index (χ2v) is 4.84. The first kappa shape index (κ1) is 17.4. The summed E-state index contributed by atoms with van der Waals surface area (Å²) in [5.74, 6) is -2.38. The summed E-state index contributed by atoms with van der Waals surface area (Å²) < 4.78 is 18.0. The average Bonchev–Trinajstić information content (AvgIpc) is 2.41. The first-order valence-electron chi connectivity index (χ1n) is 6.54. The van der Waals surface area contributed by atoms with Crippen LogP contribution in [0.2, 0.25) is 0 Å². The van der Waals surface area contributed by atoms with Gasteiger partial charge in [0.15, 0.2) is 6.10 Å². The summed E-state index contributed by atoms with van der Waals surface area (Å²) in [7, 11) is 0. The molecule has 0 saturated carbocycles. The van der Waals surface area contributed by atoms with E-state index in [0.717, 1.165) is 6.08 Å². The van der Waals surface area contributed by atoms with Gasteiger partial charge in [-0.3, -0.25) is 10.1 Å². The van der Waals surface area contributed by atoms with Gasteiger partial charge in [0.1, 0.15) is 5.82 Å². The lowest BCUT2D eigenvalue weighted by atomic mass is 10.1. The standard InChI is InChI=1S/C15H17FN2O4/c1-9(2)13(14(20)18-15(17)21)22-12(19)7-6-10-4-3-5-11(16)8-10/h3-9,13H,1-2H3,(H3,17,18,20,21)/b7-6+.